The van der Waals surface area contributed by atoms with E-state index in [-0.39, 0.29) is 5.96 Å². The van der Waals surface area contributed by atoms with Crippen molar-refractivity contribution in [2.45, 2.75) is 6.42 Å². The van der Waals surface area contributed by atoms with Gasteiger partial charge in [-0.3, -0.25) is 5.41 Å². The molecule has 0 saturated carbocycles. The first-order valence-corrected chi connectivity index (χ1v) is 9.84. The molecule has 0 atom stereocenters. The lowest BCUT2D eigenvalue weighted by atomic mass is 10.0. The van der Waals surface area contributed by atoms with E-state index < -0.39 is 0 Å². The molecule has 0 radical (unpaired) electrons. The summed E-state index contributed by atoms with van der Waals surface area (Å²) in [5, 5.41) is 17.3. The van der Waals surface area contributed by atoms with Crippen molar-refractivity contribution < 1.29 is 0 Å². The van der Waals surface area contributed by atoms with Gasteiger partial charge in [0.25, 0.3) is 0 Å². The maximum absolute atomic E-state index is 8.45. The Morgan fingerprint density at radius 3 is 2.48 bits per heavy atom. The highest BCUT2D eigenvalue weighted by Gasteiger charge is 2.18. The van der Waals surface area contributed by atoms with E-state index in [2.05, 4.69) is 89.5 Å². The third-order valence-electron chi connectivity index (χ3n) is 5.87. The molecule has 0 heterocycles. The largest absolute Gasteiger partial charge is 0.326 e. The molecule has 2 aliphatic carbocycles. The third-order valence-corrected chi connectivity index (χ3v) is 5.87. The molecule has 0 fully saturated rings. The van der Waals surface area contributed by atoms with E-state index in [0.29, 0.717) is 0 Å². The van der Waals surface area contributed by atoms with Crippen molar-refractivity contribution >= 4 is 40.3 Å². The summed E-state index contributed by atoms with van der Waals surface area (Å²) < 4.78 is 0. The molecule has 4 aromatic rings. The Hall–Kier alpha value is -3.85. The summed E-state index contributed by atoms with van der Waals surface area (Å²) in [4.78, 5) is 0. The number of hydrogen-bond donors (Lipinski definition) is 3. The van der Waals surface area contributed by atoms with Crippen LogP contribution in [0.4, 0.5) is 11.4 Å². The molecule has 0 bridgehead atoms. The molecule has 6 rings (SSSR count). The van der Waals surface area contributed by atoms with Gasteiger partial charge in [0, 0.05) is 16.8 Å². The molecule has 0 spiro atoms. The highest BCUT2D eigenvalue weighted by Crippen LogP contribution is 2.38. The van der Waals surface area contributed by atoms with Gasteiger partial charge in [0.15, 0.2) is 5.96 Å². The number of anilines is 2. The van der Waals surface area contributed by atoms with Gasteiger partial charge < -0.3 is 10.6 Å². The molecule has 0 aromatic heterocycles. The Morgan fingerprint density at radius 2 is 1.55 bits per heavy atom. The van der Waals surface area contributed by atoms with Gasteiger partial charge in [-0.05, 0) is 63.4 Å². The zero-order valence-corrected chi connectivity index (χ0v) is 15.8. The number of rotatable bonds is 2. The molecular formula is C26H19N3. The molecule has 3 nitrogen and oxygen atoms in total. The molecule has 138 valence electrons. The van der Waals surface area contributed by atoms with Crippen molar-refractivity contribution in [1.29, 1.82) is 5.41 Å². The molecule has 0 saturated heterocycles. The van der Waals surface area contributed by atoms with Gasteiger partial charge in [-0.2, -0.15) is 0 Å². The lowest BCUT2D eigenvalue weighted by Crippen LogP contribution is -2.20. The summed E-state index contributed by atoms with van der Waals surface area (Å²) in [7, 11) is 0. The van der Waals surface area contributed by atoms with Crippen molar-refractivity contribution in [3.05, 3.63) is 95.1 Å². The molecule has 2 aliphatic rings. The fraction of sp³-hybridized carbons (Fsp3) is 0.0385. The normalized spacial score (nSPS) is 12.7. The monoisotopic (exact) mass is 373 g/mol. The van der Waals surface area contributed by atoms with Crippen LogP contribution in [0.3, 0.4) is 0 Å². The number of nitrogens with one attached hydrogen (secondary N) is 3. The first kappa shape index (κ1) is 16.1. The summed E-state index contributed by atoms with van der Waals surface area (Å²) in [5.74, 6) is 0.270. The van der Waals surface area contributed by atoms with E-state index in [4.69, 9.17) is 5.41 Å². The van der Waals surface area contributed by atoms with Crippen molar-refractivity contribution in [2.75, 3.05) is 10.6 Å². The van der Waals surface area contributed by atoms with Crippen LogP contribution in [0, 0.1) is 5.41 Å². The average molecular weight is 373 g/mol. The number of hydrogen-bond acceptors (Lipinski definition) is 1. The van der Waals surface area contributed by atoms with Crippen LogP contribution in [-0.2, 0) is 6.42 Å². The molecule has 29 heavy (non-hydrogen) atoms. The molecule has 4 aromatic carbocycles. The van der Waals surface area contributed by atoms with Gasteiger partial charge in [-0.25, -0.2) is 0 Å². The second kappa shape index (κ2) is 6.08. The van der Waals surface area contributed by atoms with E-state index in [1.807, 2.05) is 6.07 Å². The van der Waals surface area contributed by atoms with E-state index >= 15 is 0 Å². The number of guanidine groups is 1. The van der Waals surface area contributed by atoms with Crippen molar-refractivity contribution in [2.24, 2.45) is 0 Å². The van der Waals surface area contributed by atoms with Crippen LogP contribution in [0.5, 0.6) is 0 Å². The maximum Gasteiger partial charge on any atom is 0.197 e. The summed E-state index contributed by atoms with van der Waals surface area (Å²) >= 11 is 0. The van der Waals surface area contributed by atoms with E-state index in [1.54, 1.807) is 0 Å². The number of fused-ring (bicyclic) bond motifs is 3. The third kappa shape index (κ3) is 2.55. The molecule has 3 N–H and O–H groups in total. The molecule has 0 aliphatic heterocycles. The van der Waals surface area contributed by atoms with Crippen LogP contribution >= 0.6 is 0 Å². The first-order chi connectivity index (χ1) is 14.3. The quantitative estimate of drug-likeness (QED) is 0.244. The van der Waals surface area contributed by atoms with Gasteiger partial charge in [-0.15, -0.1) is 0 Å². The van der Waals surface area contributed by atoms with Crippen molar-refractivity contribution in [3.63, 3.8) is 0 Å². The predicted molar refractivity (Wildman–Crippen MR) is 123 cm³/mol. The second-order valence-corrected chi connectivity index (χ2v) is 7.64. The van der Waals surface area contributed by atoms with Crippen molar-refractivity contribution in [3.8, 4) is 11.1 Å². The Bertz CT molecular complexity index is 1340. The van der Waals surface area contributed by atoms with Crippen molar-refractivity contribution in [1.82, 2.24) is 0 Å². The highest BCUT2D eigenvalue weighted by atomic mass is 15.1. The minimum absolute atomic E-state index is 0.270. The minimum Gasteiger partial charge on any atom is -0.326 e. The zero-order valence-electron chi connectivity index (χ0n) is 15.8. The molecular weight excluding hydrogens is 354 g/mol. The fourth-order valence-electron chi connectivity index (χ4n) is 4.56. The van der Waals surface area contributed by atoms with Crippen LogP contribution in [0.2, 0.25) is 0 Å². The Balaban J connectivity index is 1.26. The first-order valence-electron chi connectivity index (χ1n) is 9.84. The lowest BCUT2D eigenvalue weighted by molar-refractivity contribution is 1.26. The van der Waals surface area contributed by atoms with Gasteiger partial charge >= 0.3 is 0 Å². The van der Waals surface area contributed by atoms with E-state index in [1.165, 1.54) is 38.8 Å². The standard InChI is InChI=1S/C26H19N3/c27-26(29-24-13-10-17-9-8-16-5-3-7-23(24)25(16)17)28-20-11-12-22-19(15-20)14-18-4-1-2-6-21(18)22/h1-13,15H,14H2,(H3,27,28,29). The smallest absolute Gasteiger partial charge is 0.197 e. The van der Waals surface area contributed by atoms with Crippen LogP contribution in [0.1, 0.15) is 22.3 Å². The average Bonchev–Trinajstić information content (AvgIpc) is 3.32. The van der Waals surface area contributed by atoms with E-state index in [0.717, 1.165) is 23.2 Å². The fourth-order valence-corrected chi connectivity index (χ4v) is 4.56. The maximum atomic E-state index is 8.45. The highest BCUT2D eigenvalue weighted by molar-refractivity contribution is 6.13. The number of benzene rings is 4. The van der Waals surface area contributed by atoms with Crippen LogP contribution < -0.4 is 10.6 Å². The van der Waals surface area contributed by atoms with Gasteiger partial charge in [0.2, 0.25) is 0 Å². The molecule has 0 amide bonds. The van der Waals surface area contributed by atoms with Crippen LogP contribution in [0.15, 0.2) is 72.8 Å². The predicted octanol–water partition coefficient (Wildman–Crippen LogP) is 6.35. The lowest BCUT2D eigenvalue weighted by Gasteiger charge is -2.14. The van der Waals surface area contributed by atoms with Gasteiger partial charge in [0.05, 0.1) is 0 Å². The summed E-state index contributed by atoms with van der Waals surface area (Å²) in [6.45, 7) is 0. The Kier molecular flexibility index (Phi) is 3.38. The minimum atomic E-state index is 0.270. The topological polar surface area (TPSA) is 47.9 Å². The zero-order chi connectivity index (χ0) is 19.4. The SMILES string of the molecule is N=C(Nc1ccc2c(c1)Cc1ccccc1-2)Nc1ccc2c3c(cccc13)C=C2. The Labute approximate surface area is 169 Å². The van der Waals surface area contributed by atoms with Crippen LogP contribution in [0.25, 0.3) is 34.1 Å². The summed E-state index contributed by atoms with van der Waals surface area (Å²) in [5.41, 5.74) is 9.64. The van der Waals surface area contributed by atoms with Crippen LogP contribution in [-0.4, -0.2) is 5.96 Å². The summed E-state index contributed by atoms with van der Waals surface area (Å²) in [6, 6.07) is 25.4. The summed E-state index contributed by atoms with van der Waals surface area (Å²) in [6.07, 6.45) is 5.24. The Morgan fingerprint density at radius 1 is 0.724 bits per heavy atom. The van der Waals surface area contributed by atoms with E-state index in [9.17, 15) is 0 Å². The molecule has 0 unspecified atom stereocenters. The van der Waals surface area contributed by atoms with Gasteiger partial charge in [0.1, 0.15) is 0 Å². The molecule has 3 heteroatoms. The van der Waals surface area contributed by atoms with Gasteiger partial charge in [-0.1, -0.05) is 66.7 Å². The second-order valence-electron chi connectivity index (χ2n) is 7.64.